The lowest BCUT2D eigenvalue weighted by atomic mass is 10.1. The third kappa shape index (κ3) is 4.04. The summed E-state index contributed by atoms with van der Waals surface area (Å²) in [4.78, 5) is 7.88. The number of fused-ring (bicyclic) bond motifs is 1. The summed E-state index contributed by atoms with van der Waals surface area (Å²) in [5, 5.41) is 0.156. The highest BCUT2D eigenvalue weighted by Gasteiger charge is 2.19. The van der Waals surface area contributed by atoms with Crippen molar-refractivity contribution in [2.24, 2.45) is 0 Å². The molecule has 0 bridgehead atoms. The van der Waals surface area contributed by atoms with Crippen molar-refractivity contribution in [2.75, 3.05) is 18.9 Å². The number of nitrogens with one attached hydrogen (secondary N) is 2. The highest BCUT2D eigenvalue weighted by atomic mass is 35.5. The number of nitrogens with zero attached hydrogens (tertiary/aromatic N) is 1. The standard InChI is InChI=1S/C22H20ClN3O4S/c1-13-8-9-14(10-16(13)26-31(27,28)21-7-5-4-6-15(21)23)22-24-17-11-19(29-2)20(30-3)12-18(17)25-22/h4-12,26H,1-3H3,(H,24,25). The number of imidazole rings is 1. The van der Waals surface area contributed by atoms with Gasteiger partial charge in [0.1, 0.15) is 10.7 Å². The van der Waals surface area contributed by atoms with Crippen molar-refractivity contribution < 1.29 is 17.9 Å². The number of hydrogen-bond donors (Lipinski definition) is 2. The first kappa shape index (κ1) is 21.0. The molecule has 0 atom stereocenters. The van der Waals surface area contributed by atoms with Crippen LogP contribution < -0.4 is 14.2 Å². The molecule has 0 aliphatic rings. The lowest BCUT2D eigenvalue weighted by molar-refractivity contribution is 0.356. The number of halogens is 1. The molecule has 1 aromatic heterocycles. The van der Waals surface area contributed by atoms with E-state index in [-0.39, 0.29) is 9.92 Å². The summed E-state index contributed by atoms with van der Waals surface area (Å²) in [6, 6.07) is 15.3. The average molecular weight is 458 g/mol. The van der Waals surface area contributed by atoms with Gasteiger partial charge in [-0.3, -0.25) is 4.72 Å². The molecule has 3 aromatic carbocycles. The highest BCUT2D eigenvalue weighted by Crippen LogP contribution is 2.33. The molecule has 31 heavy (non-hydrogen) atoms. The molecule has 160 valence electrons. The van der Waals surface area contributed by atoms with E-state index in [0.29, 0.717) is 28.5 Å². The molecular formula is C22H20ClN3O4S. The fourth-order valence-corrected chi connectivity index (χ4v) is 4.86. The van der Waals surface area contributed by atoms with Crippen molar-refractivity contribution in [1.82, 2.24) is 9.97 Å². The van der Waals surface area contributed by atoms with Crippen LogP contribution in [-0.2, 0) is 10.0 Å². The SMILES string of the molecule is COc1cc2nc(-c3ccc(C)c(NS(=O)(=O)c4ccccc4Cl)c3)[nH]c2cc1OC. The Kier molecular flexibility index (Phi) is 5.51. The number of aryl methyl sites for hydroxylation is 1. The molecular weight excluding hydrogens is 438 g/mol. The van der Waals surface area contributed by atoms with Crippen molar-refractivity contribution in [1.29, 1.82) is 0 Å². The molecule has 1 heterocycles. The van der Waals surface area contributed by atoms with Crippen molar-refractivity contribution in [2.45, 2.75) is 11.8 Å². The minimum Gasteiger partial charge on any atom is -0.493 e. The van der Waals surface area contributed by atoms with Gasteiger partial charge in [-0.25, -0.2) is 13.4 Å². The van der Waals surface area contributed by atoms with Crippen LogP contribution in [0.1, 0.15) is 5.56 Å². The monoisotopic (exact) mass is 457 g/mol. The second-order valence-corrected chi connectivity index (χ2v) is 8.93. The molecule has 0 aliphatic heterocycles. The van der Waals surface area contributed by atoms with Gasteiger partial charge in [0.05, 0.1) is 36.0 Å². The fraction of sp³-hybridized carbons (Fsp3) is 0.136. The van der Waals surface area contributed by atoms with Crippen LogP contribution >= 0.6 is 11.6 Å². The maximum absolute atomic E-state index is 12.9. The Morgan fingerprint density at radius 3 is 2.42 bits per heavy atom. The Balaban J connectivity index is 1.74. The van der Waals surface area contributed by atoms with Gasteiger partial charge in [-0.05, 0) is 30.7 Å². The van der Waals surface area contributed by atoms with Crippen LogP contribution in [0.2, 0.25) is 5.02 Å². The lowest BCUT2D eigenvalue weighted by Crippen LogP contribution is -2.14. The van der Waals surface area contributed by atoms with Gasteiger partial charge in [0.25, 0.3) is 10.0 Å². The van der Waals surface area contributed by atoms with E-state index < -0.39 is 10.0 Å². The zero-order chi connectivity index (χ0) is 22.2. The number of H-pyrrole nitrogens is 1. The van der Waals surface area contributed by atoms with Crippen molar-refractivity contribution in [3.63, 3.8) is 0 Å². The molecule has 0 fully saturated rings. The second kappa shape index (κ2) is 8.13. The van der Waals surface area contributed by atoms with Crippen molar-refractivity contribution in [3.05, 3.63) is 65.2 Å². The zero-order valence-electron chi connectivity index (χ0n) is 17.1. The van der Waals surface area contributed by atoms with Crippen molar-refractivity contribution >= 4 is 38.3 Å². The molecule has 4 rings (SSSR count). The van der Waals surface area contributed by atoms with Crippen LogP contribution in [0.3, 0.4) is 0 Å². The predicted molar refractivity (Wildman–Crippen MR) is 122 cm³/mol. The third-order valence-corrected chi connectivity index (χ3v) is 6.73. The van der Waals surface area contributed by atoms with E-state index >= 15 is 0 Å². The van der Waals surface area contributed by atoms with Gasteiger partial charge in [-0.1, -0.05) is 35.9 Å². The van der Waals surface area contributed by atoms with Crippen LogP contribution in [0.4, 0.5) is 5.69 Å². The molecule has 0 saturated heterocycles. The van der Waals surface area contributed by atoms with Crippen LogP contribution in [0.5, 0.6) is 11.5 Å². The molecule has 0 amide bonds. The molecule has 0 saturated carbocycles. The topological polar surface area (TPSA) is 93.3 Å². The number of aromatic amines is 1. The molecule has 2 N–H and O–H groups in total. The minimum atomic E-state index is -3.85. The summed E-state index contributed by atoms with van der Waals surface area (Å²) in [6.45, 7) is 1.82. The first-order chi connectivity index (χ1) is 14.8. The lowest BCUT2D eigenvalue weighted by Gasteiger charge is -2.12. The number of sulfonamides is 1. The Morgan fingerprint density at radius 1 is 1.00 bits per heavy atom. The van der Waals surface area contributed by atoms with Gasteiger partial charge in [-0.2, -0.15) is 0 Å². The summed E-state index contributed by atoms with van der Waals surface area (Å²) in [6.07, 6.45) is 0. The maximum atomic E-state index is 12.9. The quantitative estimate of drug-likeness (QED) is 0.424. The van der Waals surface area contributed by atoms with E-state index in [1.165, 1.54) is 12.1 Å². The zero-order valence-corrected chi connectivity index (χ0v) is 18.6. The average Bonchev–Trinajstić information content (AvgIpc) is 3.17. The molecule has 9 heteroatoms. The Hall–Kier alpha value is -3.23. The Labute approximate surface area is 185 Å². The molecule has 0 unspecified atom stereocenters. The van der Waals surface area contributed by atoms with Gasteiger partial charge >= 0.3 is 0 Å². The van der Waals surface area contributed by atoms with Gasteiger partial charge in [0, 0.05) is 17.7 Å². The van der Waals surface area contributed by atoms with E-state index in [4.69, 9.17) is 21.1 Å². The molecule has 0 radical (unpaired) electrons. The number of aromatic nitrogens is 2. The molecule has 7 nitrogen and oxygen atoms in total. The summed E-state index contributed by atoms with van der Waals surface area (Å²) < 4.78 is 39.0. The first-order valence-corrected chi connectivity index (χ1v) is 11.2. The number of rotatable bonds is 6. The maximum Gasteiger partial charge on any atom is 0.263 e. The summed E-state index contributed by atoms with van der Waals surface area (Å²) in [5.41, 5.74) is 3.39. The van der Waals surface area contributed by atoms with Crippen LogP contribution in [-0.4, -0.2) is 32.6 Å². The number of methoxy groups -OCH3 is 2. The smallest absolute Gasteiger partial charge is 0.263 e. The van der Waals surface area contributed by atoms with Gasteiger partial charge in [0.2, 0.25) is 0 Å². The van der Waals surface area contributed by atoms with Gasteiger partial charge < -0.3 is 14.5 Å². The predicted octanol–water partition coefficient (Wildman–Crippen LogP) is 5.01. The van der Waals surface area contributed by atoms with Crippen molar-refractivity contribution in [3.8, 4) is 22.9 Å². The van der Waals surface area contributed by atoms with Crippen LogP contribution in [0.25, 0.3) is 22.4 Å². The third-order valence-electron chi connectivity index (χ3n) is 4.87. The van der Waals surface area contributed by atoms with E-state index in [9.17, 15) is 8.42 Å². The second-order valence-electron chi connectivity index (χ2n) is 6.88. The van der Waals surface area contributed by atoms with Gasteiger partial charge in [-0.15, -0.1) is 0 Å². The molecule has 4 aromatic rings. The summed E-state index contributed by atoms with van der Waals surface area (Å²) in [5.74, 6) is 1.75. The fourth-order valence-electron chi connectivity index (χ4n) is 3.22. The van der Waals surface area contributed by atoms with E-state index in [1.54, 1.807) is 44.6 Å². The van der Waals surface area contributed by atoms with E-state index in [0.717, 1.165) is 16.6 Å². The molecule has 0 spiro atoms. The highest BCUT2D eigenvalue weighted by molar-refractivity contribution is 7.92. The number of hydrogen-bond acceptors (Lipinski definition) is 5. The normalized spacial score (nSPS) is 11.5. The van der Waals surface area contributed by atoms with E-state index in [2.05, 4.69) is 14.7 Å². The Morgan fingerprint density at radius 2 is 1.71 bits per heavy atom. The number of ether oxygens (including phenoxy) is 2. The van der Waals surface area contributed by atoms with Crippen LogP contribution in [0.15, 0.2) is 59.5 Å². The minimum absolute atomic E-state index is 0.0180. The number of benzene rings is 3. The molecule has 0 aliphatic carbocycles. The van der Waals surface area contributed by atoms with Crippen LogP contribution in [0, 0.1) is 6.92 Å². The van der Waals surface area contributed by atoms with Gasteiger partial charge in [0.15, 0.2) is 11.5 Å². The summed E-state index contributed by atoms with van der Waals surface area (Å²) >= 11 is 6.08. The largest absolute Gasteiger partial charge is 0.493 e. The summed E-state index contributed by atoms with van der Waals surface area (Å²) in [7, 11) is -0.722. The van der Waals surface area contributed by atoms with E-state index in [1.807, 2.05) is 19.1 Å². The Bertz CT molecular complexity index is 1340. The first-order valence-electron chi connectivity index (χ1n) is 9.32. The number of anilines is 1.